The predicted octanol–water partition coefficient (Wildman–Crippen LogP) is 6.51. The first-order valence-electron chi connectivity index (χ1n) is 12.0. The van der Waals surface area contributed by atoms with Gasteiger partial charge in [0.1, 0.15) is 11.3 Å². The van der Waals surface area contributed by atoms with Crippen molar-refractivity contribution in [2.24, 2.45) is 5.73 Å². The normalized spacial score (nSPS) is 16.8. The van der Waals surface area contributed by atoms with Gasteiger partial charge in [-0.2, -0.15) is 13.2 Å². The number of hydrogen-bond donors (Lipinski definition) is 2. The smallest absolute Gasteiger partial charge is 0.417 e. The molecule has 5 rings (SSSR count). The highest BCUT2D eigenvalue weighted by Gasteiger charge is 2.37. The van der Waals surface area contributed by atoms with Crippen molar-refractivity contribution in [1.82, 2.24) is 9.88 Å². The monoisotopic (exact) mass is 519 g/mol. The molecule has 2 aliphatic carbocycles. The van der Waals surface area contributed by atoms with E-state index in [1.54, 1.807) is 18.2 Å². The van der Waals surface area contributed by atoms with Crippen LogP contribution >= 0.6 is 11.6 Å². The number of benzene rings is 2. The minimum Gasteiger partial charge on any atom is -0.488 e. The third-order valence-corrected chi connectivity index (χ3v) is 7.01. The van der Waals surface area contributed by atoms with Crippen molar-refractivity contribution in [2.75, 3.05) is 0 Å². The molecule has 2 aliphatic rings. The lowest BCUT2D eigenvalue weighted by Crippen LogP contribution is -2.38. The Bertz CT molecular complexity index is 1340. The lowest BCUT2D eigenvalue weighted by molar-refractivity contribution is -0.137. The van der Waals surface area contributed by atoms with E-state index < -0.39 is 23.7 Å². The van der Waals surface area contributed by atoms with Gasteiger partial charge in [-0.15, -0.1) is 0 Å². The molecule has 0 aliphatic heterocycles. The number of nitrogens with one attached hydrogen (secondary N) is 1. The Morgan fingerprint density at radius 3 is 2.44 bits per heavy atom. The Morgan fingerprint density at radius 1 is 1.08 bits per heavy atom. The van der Waals surface area contributed by atoms with Crippen molar-refractivity contribution in [3.8, 4) is 16.9 Å². The molecule has 10 heteroatoms. The molecular formula is C26H25ClF3N3O3. The molecule has 0 radical (unpaired) electrons. The molecule has 36 heavy (non-hydrogen) atoms. The first-order chi connectivity index (χ1) is 17.1. The van der Waals surface area contributed by atoms with Crippen LogP contribution in [0.1, 0.15) is 60.9 Å². The van der Waals surface area contributed by atoms with E-state index in [0.717, 1.165) is 51.0 Å². The summed E-state index contributed by atoms with van der Waals surface area (Å²) in [5.74, 6) is -0.609. The number of amides is 2. The summed E-state index contributed by atoms with van der Waals surface area (Å²) in [6.07, 6.45) is 3.12. The number of carbonyl (C=O) groups excluding carboxylic acids is 2. The van der Waals surface area contributed by atoms with Crippen LogP contribution in [0.25, 0.3) is 22.0 Å². The van der Waals surface area contributed by atoms with Crippen LogP contribution in [0.4, 0.5) is 18.0 Å². The third-order valence-electron chi connectivity index (χ3n) is 6.71. The summed E-state index contributed by atoms with van der Waals surface area (Å²) in [6, 6.07) is 6.37. The van der Waals surface area contributed by atoms with Gasteiger partial charge in [0.2, 0.25) is 5.91 Å². The average Bonchev–Trinajstić information content (AvgIpc) is 3.56. The van der Waals surface area contributed by atoms with Crippen molar-refractivity contribution in [2.45, 2.75) is 63.3 Å². The Kier molecular flexibility index (Phi) is 6.36. The summed E-state index contributed by atoms with van der Waals surface area (Å²) in [7, 11) is 0. The van der Waals surface area contributed by atoms with Crippen molar-refractivity contribution < 1.29 is 27.5 Å². The molecule has 2 saturated carbocycles. The van der Waals surface area contributed by atoms with Gasteiger partial charge in [0.05, 0.1) is 11.7 Å². The van der Waals surface area contributed by atoms with Gasteiger partial charge in [0, 0.05) is 39.3 Å². The molecule has 0 unspecified atom stereocenters. The maximum absolute atomic E-state index is 14.2. The fourth-order valence-corrected chi connectivity index (χ4v) is 5.13. The van der Waals surface area contributed by atoms with E-state index in [1.165, 1.54) is 10.8 Å². The second kappa shape index (κ2) is 9.35. The van der Waals surface area contributed by atoms with Crippen LogP contribution in [-0.2, 0) is 6.18 Å². The predicted molar refractivity (Wildman–Crippen MR) is 130 cm³/mol. The summed E-state index contributed by atoms with van der Waals surface area (Å²) < 4.78 is 49.9. The van der Waals surface area contributed by atoms with Crippen LogP contribution in [0.3, 0.4) is 0 Å². The van der Waals surface area contributed by atoms with Crippen LogP contribution in [0.2, 0.25) is 5.02 Å². The number of hydrogen-bond acceptors (Lipinski definition) is 3. The van der Waals surface area contributed by atoms with Gasteiger partial charge in [0.15, 0.2) is 0 Å². The fourth-order valence-electron chi connectivity index (χ4n) is 4.81. The Morgan fingerprint density at radius 2 is 1.81 bits per heavy atom. The minimum absolute atomic E-state index is 0.00663. The number of carbonyl (C=O) groups is 2. The molecule has 3 aromatic rings. The van der Waals surface area contributed by atoms with Gasteiger partial charge in [-0.25, -0.2) is 4.79 Å². The number of nitrogens with zero attached hydrogens (tertiary/aromatic N) is 1. The molecule has 3 N–H and O–H groups in total. The topological polar surface area (TPSA) is 86.4 Å². The molecule has 190 valence electrons. The van der Waals surface area contributed by atoms with E-state index in [9.17, 15) is 22.8 Å². The number of nitrogens with two attached hydrogens (primary N) is 1. The average molecular weight is 520 g/mol. The summed E-state index contributed by atoms with van der Waals surface area (Å²) in [4.78, 5) is 25.1. The zero-order valence-corrected chi connectivity index (χ0v) is 20.1. The van der Waals surface area contributed by atoms with Crippen LogP contribution < -0.4 is 15.8 Å². The number of aromatic nitrogens is 1. The summed E-state index contributed by atoms with van der Waals surface area (Å²) in [5.41, 5.74) is 3.93. The molecule has 1 heterocycles. The van der Waals surface area contributed by atoms with Gasteiger partial charge in [-0.05, 0) is 43.9 Å². The van der Waals surface area contributed by atoms with Crippen LogP contribution in [0.5, 0.6) is 5.75 Å². The van der Waals surface area contributed by atoms with E-state index in [1.807, 2.05) is 0 Å². The highest BCUT2D eigenvalue weighted by molar-refractivity contribution is 6.34. The van der Waals surface area contributed by atoms with E-state index in [-0.39, 0.29) is 33.9 Å². The molecule has 0 spiro atoms. The number of fused-ring (bicyclic) bond motifs is 1. The molecule has 0 bridgehead atoms. The highest BCUT2D eigenvalue weighted by Crippen LogP contribution is 2.46. The Balaban J connectivity index is 1.71. The van der Waals surface area contributed by atoms with E-state index in [4.69, 9.17) is 22.1 Å². The molecule has 2 aromatic carbocycles. The van der Waals surface area contributed by atoms with Crippen LogP contribution in [-0.4, -0.2) is 28.7 Å². The Labute approximate surface area is 210 Å². The number of halogens is 4. The van der Waals surface area contributed by atoms with Crippen LogP contribution in [0, 0.1) is 0 Å². The van der Waals surface area contributed by atoms with Crippen molar-refractivity contribution in [1.29, 1.82) is 0 Å². The van der Waals surface area contributed by atoms with E-state index in [0.29, 0.717) is 22.7 Å². The van der Waals surface area contributed by atoms with Crippen molar-refractivity contribution >= 4 is 34.4 Å². The quantitative estimate of drug-likeness (QED) is 0.403. The fraction of sp³-hybridized carbons (Fsp3) is 0.385. The van der Waals surface area contributed by atoms with E-state index >= 15 is 0 Å². The number of alkyl halides is 3. The zero-order chi connectivity index (χ0) is 25.6. The first kappa shape index (κ1) is 24.5. The van der Waals surface area contributed by atoms with Gasteiger partial charge in [0.25, 0.3) is 0 Å². The van der Waals surface area contributed by atoms with Gasteiger partial charge < -0.3 is 15.8 Å². The van der Waals surface area contributed by atoms with E-state index in [2.05, 4.69) is 5.32 Å². The minimum atomic E-state index is -4.83. The standard InChI is InChI=1S/C26H25ClF3N3O3/c27-20-12-14(24(31)34)11-19(26(28,29)30)22(20)18-13-33(25(35)32-15-5-2-1-3-6-15)23-17(18)7-4-8-21(23)36-16-9-10-16/h4,7-8,11-13,15-16H,1-3,5-6,9-10H2,(H2,31,34)(H,32,35). The molecule has 6 nitrogen and oxygen atoms in total. The highest BCUT2D eigenvalue weighted by atomic mass is 35.5. The first-order valence-corrected chi connectivity index (χ1v) is 12.3. The maximum atomic E-state index is 14.2. The van der Waals surface area contributed by atoms with Crippen LogP contribution in [0.15, 0.2) is 36.5 Å². The summed E-state index contributed by atoms with van der Waals surface area (Å²) >= 11 is 6.35. The van der Waals surface area contributed by atoms with Crippen molar-refractivity contribution in [3.63, 3.8) is 0 Å². The number of para-hydroxylation sites is 1. The van der Waals surface area contributed by atoms with Crippen molar-refractivity contribution in [3.05, 3.63) is 52.7 Å². The number of ether oxygens (including phenoxy) is 1. The molecule has 1 aromatic heterocycles. The third kappa shape index (κ3) is 4.76. The zero-order valence-electron chi connectivity index (χ0n) is 19.3. The van der Waals surface area contributed by atoms with Gasteiger partial charge in [-0.1, -0.05) is 43.0 Å². The lowest BCUT2D eigenvalue weighted by atomic mass is 9.96. The van der Waals surface area contributed by atoms with Gasteiger partial charge in [-0.3, -0.25) is 9.36 Å². The Hall–Kier alpha value is -3.20. The second-order valence-electron chi connectivity index (χ2n) is 9.41. The van der Waals surface area contributed by atoms with Gasteiger partial charge >= 0.3 is 12.2 Å². The number of primary amides is 1. The molecule has 0 saturated heterocycles. The largest absolute Gasteiger partial charge is 0.488 e. The molecular weight excluding hydrogens is 495 g/mol. The second-order valence-corrected chi connectivity index (χ2v) is 9.82. The molecule has 0 atom stereocenters. The summed E-state index contributed by atoms with van der Waals surface area (Å²) in [5, 5.41) is 3.11. The molecule has 2 fully saturated rings. The molecule has 2 amide bonds. The maximum Gasteiger partial charge on any atom is 0.417 e. The lowest BCUT2D eigenvalue weighted by Gasteiger charge is -2.23. The number of rotatable bonds is 5. The summed E-state index contributed by atoms with van der Waals surface area (Å²) in [6.45, 7) is 0. The SMILES string of the molecule is NC(=O)c1cc(Cl)c(-c2cn(C(=O)NC3CCCCC3)c3c(OC4CC4)cccc23)c(C(F)(F)F)c1.